The number of hydrogen-bond donors (Lipinski definition) is 0. The molecule has 0 radical (unpaired) electrons. The van der Waals surface area contributed by atoms with E-state index >= 15 is 0 Å². The second-order valence-electron chi connectivity index (χ2n) is 19.5. The summed E-state index contributed by atoms with van der Waals surface area (Å²) >= 11 is 24.8. The van der Waals surface area contributed by atoms with Crippen molar-refractivity contribution < 1.29 is 17.7 Å². The predicted octanol–water partition coefficient (Wildman–Crippen LogP) is 23.8. The molecule has 80 heavy (non-hydrogen) atoms. The smallest absolute Gasteiger partial charge is 0.154 e. The number of furan rings is 4. The standard InChI is InChI=1S/C20H11ClO.2C18H11ClO.C16H9ClO/c21-12-9-10-18-17(11-12)19-15-7-3-1-5-13(15)14-6-2-4-8-16(14)20(19)22-18;19-15-10-5-11-16-17(15)14-9-4-8-13(18(14)20-16)12-6-2-1-3-7-12;19-16-11-5-10-15-14-9-4-8-13(17(14)20-18(15)16)12-6-2-1-3-7-12;17-11-6-8-15-14(9-11)13-7-5-10-3-1-2-4-12(10)16(13)18-15/h1-11H;2*1-11H;1-9H. The molecular weight excluding hydrogens is 1070 g/mol. The molecule has 0 aliphatic heterocycles. The largest absolute Gasteiger partial charge is 0.455 e. The molecule has 0 saturated carbocycles. The van der Waals surface area contributed by atoms with Gasteiger partial charge in [-0.1, -0.05) is 241 Å². The molecule has 0 aliphatic carbocycles. The first-order valence-electron chi connectivity index (χ1n) is 26.1. The molecule has 0 unspecified atom stereocenters. The van der Waals surface area contributed by atoms with E-state index < -0.39 is 0 Å². The molecule has 0 saturated heterocycles. The van der Waals surface area contributed by atoms with Crippen molar-refractivity contribution in [2.75, 3.05) is 0 Å². The van der Waals surface area contributed by atoms with Crippen LogP contribution in [-0.4, -0.2) is 0 Å². The number of halogens is 4. The third-order valence-electron chi connectivity index (χ3n) is 14.7. The number of fused-ring (bicyclic) bond motifs is 19. The average molecular weight is 1110 g/mol. The minimum Gasteiger partial charge on any atom is -0.455 e. The highest BCUT2D eigenvalue weighted by Gasteiger charge is 2.18. The Balaban J connectivity index is 0.0000000963. The molecule has 8 heteroatoms. The summed E-state index contributed by atoms with van der Waals surface area (Å²) in [5.74, 6) is 0. The Morgan fingerprint density at radius 1 is 0.225 bits per heavy atom. The summed E-state index contributed by atoms with van der Waals surface area (Å²) < 4.78 is 24.2. The van der Waals surface area contributed by atoms with Crippen LogP contribution in [0.3, 0.4) is 0 Å². The van der Waals surface area contributed by atoms with Gasteiger partial charge in [-0.25, -0.2) is 0 Å². The van der Waals surface area contributed by atoms with Crippen molar-refractivity contribution in [1.29, 1.82) is 0 Å². The normalized spacial score (nSPS) is 11.5. The van der Waals surface area contributed by atoms with E-state index in [1.54, 1.807) is 0 Å². The van der Waals surface area contributed by atoms with Gasteiger partial charge in [0.25, 0.3) is 0 Å². The topological polar surface area (TPSA) is 52.6 Å². The fourth-order valence-corrected chi connectivity index (χ4v) is 12.0. The minimum absolute atomic E-state index is 0.651. The highest BCUT2D eigenvalue weighted by atomic mass is 35.5. The van der Waals surface area contributed by atoms with Gasteiger partial charge in [0.2, 0.25) is 0 Å². The van der Waals surface area contributed by atoms with Crippen LogP contribution in [0.5, 0.6) is 0 Å². The van der Waals surface area contributed by atoms with Gasteiger partial charge in [0.05, 0.1) is 10.0 Å². The van der Waals surface area contributed by atoms with Crippen molar-refractivity contribution in [3.63, 3.8) is 0 Å². The fraction of sp³-hybridized carbons (Fsp3) is 0. The van der Waals surface area contributed by atoms with Crippen LogP contribution >= 0.6 is 46.4 Å². The highest BCUT2D eigenvalue weighted by molar-refractivity contribution is 6.38. The number of benzene rings is 13. The van der Waals surface area contributed by atoms with Crippen LogP contribution in [0.25, 0.3) is 142 Å². The zero-order valence-corrected chi connectivity index (χ0v) is 45.4. The van der Waals surface area contributed by atoms with Gasteiger partial charge >= 0.3 is 0 Å². The number of rotatable bonds is 2. The Labute approximate surface area is 478 Å². The Morgan fingerprint density at radius 2 is 0.688 bits per heavy atom. The Kier molecular flexibility index (Phi) is 12.7. The summed E-state index contributed by atoms with van der Waals surface area (Å²) in [6.45, 7) is 0. The van der Waals surface area contributed by atoms with Crippen molar-refractivity contribution in [3.8, 4) is 22.3 Å². The van der Waals surface area contributed by atoms with Crippen LogP contribution < -0.4 is 0 Å². The Hall–Kier alpha value is -9.00. The van der Waals surface area contributed by atoms with Gasteiger partial charge in [-0.15, -0.1) is 0 Å². The van der Waals surface area contributed by atoms with Gasteiger partial charge in [-0.2, -0.15) is 0 Å². The third kappa shape index (κ3) is 8.75. The lowest BCUT2D eigenvalue weighted by molar-refractivity contribution is 0.669. The molecule has 0 fully saturated rings. The van der Waals surface area contributed by atoms with Crippen molar-refractivity contribution in [2.24, 2.45) is 0 Å². The molecule has 4 nitrogen and oxygen atoms in total. The lowest BCUT2D eigenvalue weighted by atomic mass is 9.97. The number of para-hydroxylation sites is 3. The summed E-state index contributed by atoms with van der Waals surface area (Å²) in [5, 5.41) is 18.6. The molecule has 382 valence electrons. The van der Waals surface area contributed by atoms with Gasteiger partial charge in [-0.05, 0) is 93.3 Å². The van der Waals surface area contributed by atoms with Gasteiger partial charge in [-0.3, -0.25) is 0 Å². The SMILES string of the molecule is Clc1ccc2oc3c4ccccc4c4ccccc4c3c2c1.Clc1ccc2oc3c4ccccc4ccc3c2c1.Clc1cccc2c1oc1c(-c3ccccc3)cccc12.Clc1cccc2oc3c(-c4ccccc4)cccc3c12. The van der Waals surface area contributed by atoms with Crippen molar-refractivity contribution in [1.82, 2.24) is 0 Å². The molecule has 0 N–H and O–H groups in total. The summed E-state index contributed by atoms with van der Waals surface area (Å²) in [5.41, 5.74) is 11.5. The second-order valence-corrected chi connectivity index (χ2v) is 21.2. The molecule has 0 aliphatic rings. The molecule has 4 heterocycles. The van der Waals surface area contributed by atoms with Gasteiger partial charge in [0.1, 0.15) is 39.1 Å². The van der Waals surface area contributed by atoms with Gasteiger partial charge in [0, 0.05) is 75.0 Å². The van der Waals surface area contributed by atoms with E-state index in [4.69, 9.17) is 64.1 Å². The Morgan fingerprint density at radius 3 is 1.39 bits per heavy atom. The van der Waals surface area contributed by atoms with Gasteiger partial charge < -0.3 is 17.7 Å². The van der Waals surface area contributed by atoms with E-state index in [-0.39, 0.29) is 0 Å². The van der Waals surface area contributed by atoms with E-state index in [1.165, 1.54) is 21.5 Å². The molecule has 13 aromatic carbocycles. The molecule has 0 spiro atoms. The first-order chi connectivity index (χ1) is 39.3. The fourth-order valence-electron chi connectivity index (χ4n) is 11.1. The molecule has 0 atom stereocenters. The molecular formula is C72H42Cl4O4. The zero-order chi connectivity index (χ0) is 53.8. The maximum atomic E-state index is 6.32. The van der Waals surface area contributed by atoms with Crippen LogP contribution in [-0.2, 0) is 0 Å². The summed E-state index contributed by atoms with van der Waals surface area (Å²) in [7, 11) is 0. The lowest BCUT2D eigenvalue weighted by Crippen LogP contribution is -1.79. The van der Waals surface area contributed by atoms with Crippen molar-refractivity contribution in [2.45, 2.75) is 0 Å². The first kappa shape index (κ1) is 49.3. The van der Waals surface area contributed by atoms with E-state index in [2.05, 4.69) is 127 Å². The monoisotopic (exact) mass is 1110 g/mol. The first-order valence-corrected chi connectivity index (χ1v) is 27.6. The highest BCUT2D eigenvalue weighted by Crippen LogP contribution is 2.43. The number of hydrogen-bond acceptors (Lipinski definition) is 4. The van der Waals surface area contributed by atoms with Crippen LogP contribution in [0.1, 0.15) is 0 Å². The van der Waals surface area contributed by atoms with Crippen LogP contribution in [0.2, 0.25) is 20.1 Å². The quantitative estimate of drug-likeness (QED) is 0.162. The zero-order valence-electron chi connectivity index (χ0n) is 42.4. The summed E-state index contributed by atoms with van der Waals surface area (Å²) in [4.78, 5) is 0. The molecule has 17 aromatic rings. The Bertz CT molecular complexity index is 5140. The van der Waals surface area contributed by atoms with Crippen LogP contribution in [0.15, 0.2) is 272 Å². The van der Waals surface area contributed by atoms with E-state index in [9.17, 15) is 0 Å². The third-order valence-corrected chi connectivity index (χ3v) is 15.8. The van der Waals surface area contributed by atoms with Gasteiger partial charge in [0.15, 0.2) is 5.58 Å². The lowest BCUT2D eigenvalue weighted by Gasteiger charge is -2.05. The second kappa shape index (κ2) is 20.7. The maximum Gasteiger partial charge on any atom is 0.154 e. The van der Waals surface area contributed by atoms with E-state index in [0.717, 1.165) is 136 Å². The van der Waals surface area contributed by atoms with Crippen LogP contribution in [0.4, 0.5) is 0 Å². The molecule has 0 bridgehead atoms. The molecule has 4 aromatic heterocycles. The van der Waals surface area contributed by atoms with E-state index in [1.807, 2.05) is 127 Å². The maximum absolute atomic E-state index is 6.32. The average Bonchev–Trinajstić information content (AvgIpc) is 4.41. The molecule has 17 rings (SSSR count). The van der Waals surface area contributed by atoms with E-state index in [0.29, 0.717) is 5.02 Å². The van der Waals surface area contributed by atoms with Crippen molar-refractivity contribution >= 4 is 166 Å². The summed E-state index contributed by atoms with van der Waals surface area (Å²) in [6, 6.07) is 85.4. The predicted molar refractivity (Wildman–Crippen MR) is 338 cm³/mol. The summed E-state index contributed by atoms with van der Waals surface area (Å²) in [6.07, 6.45) is 0. The van der Waals surface area contributed by atoms with Crippen molar-refractivity contribution in [3.05, 3.63) is 275 Å². The molecule has 0 amide bonds. The van der Waals surface area contributed by atoms with Crippen LogP contribution in [0, 0.1) is 0 Å². The minimum atomic E-state index is 0.651.